The minimum Gasteiger partial charge on any atom is -0.461 e. The fourth-order valence-corrected chi connectivity index (χ4v) is 2.82. The van der Waals surface area contributed by atoms with Crippen molar-refractivity contribution in [2.45, 2.75) is 13.5 Å². The van der Waals surface area contributed by atoms with Gasteiger partial charge in [-0.05, 0) is 47.5 Å². The van der Waals surface area contributed by atoms with Gasteiger partial charge in [-0.3, -0.25) is 4.79 Å². The molecule has 7 heteroatoms. The predicted octanol–water partition coefficient (Wildman–Crippen LogP) is 4.88. The molecule has 0 amide bonds. The van der Waals surface area contributed by atoms with Gasteiger partial charge in [0.1, 0.15) is 18.1 Å². The van der Waals surface area contributed by atoms with Crippen LogP contribution in [0.4, 0.5) is 0 Å². The molecule has 0 N–H and O–H groups in total. The quantitative estimate of drug-likeness (QED) is 0.334. The Morgan fingerprint density at radius 2 is 1.63 bits per heavy atom. The summed E-state index contributed by atoms with van der Waals surface area (Å²) in [5.41, 5.74) is 2.75. The fourth-order valence-electron chi connectivity index (χ4n) is 2.82. The van der Waals surface area contributed by atoms with Crippen molar-refractivity contribution in [2.24, 2.45) is 0 Å². The molecule has 4 aromatic rings. The van der Waals surface area contributed by atoms with Crippen LogP contribution < -0.4 is 4.74 Å². The number of rotatable bonds is 6. The molecule has 150 valence electrons. The molecule has 0 atom stereocenters. The van der Waals surface area contributed by atoms with E-state index in [-0.39, 0.29) is 12.6 Å². The Bertz CT molecular complexity index is 1140. The molecule has 30 heavy (non-hydrogen) atoms. The van der Waals surface area contributed by atoms with Gasteiger partial charge in [-0.2, -0.15) is 0 Å². The molecule has 0 radical (unpaired) electrons. The van der Waals surface area contributed by atoms with E-state index < -0.39 is 5.97 Å². The molecule has 0 aliphatic carbocycles. The van der Waals surface area contributed by atoms with E-state index in [1.54, 1.807) is 42.5 Å². The number of ether oxygens (including phenoxy) is 2. The molecule has 0 unspecified atom stereocenters. The number of hydrogen-bond donors (Lipinski definition) is 0. The third-order valence-corrected chi connectivity index (χ3v) is 4.24. The second-order valence-electron chi connectivity index (χ2n) is 6.43. The largest absolute Gasteiger partial charge is 0.461 e. The third-order valence-electron chi connectivity index (χ3n) is 4.24. The van der Waals surface area contributed by atoms with Gasteiger partial charge in [0.15, 0.2) is 5.76 Å². The third kappa shape index (κ3) is 4.47. The molecule has 0 aliphatic rings. The van der Waals surface area contributed by atoms with E-state index in [9.17, 15) is 9.59 Å². The number of carbonyl (C=O) groups excluding carboxylic acids is 2. The van der Waals surface area contributed by atoms with E-state index >= 15 is 0 Å². The van der Waals surface area contributed by atoms with Gasteiger partial charge < -0.3 is 18.4 Å². The van der Waals surface area contributed by atoms with Crippen LogP contribution in [0, 0.1) is 0 Å². The van der Waals surface area contributed by atoms with Gasteiger partial charge in [0, 0.05) is 13.0 Å². The Kier molecular flexibility index (Phi) is 5.43. The highest BCUT2D eigenvalue weighted by Crippen LogP contribution is 2.24. The van der Waals surface area contributed by atoms with Crippen molar-refractivity contribution in [2.75, 3.05) is 0 Å². The van der Waals surface area contributed by atoms with Gasteiger partial charge in [0.25, 0.3) is 0 Å². The number of nitrogens with zero attached hydrogens (tertiary/aromatic N) is 1. The first-order chi connectivity index (χ1) is 14.6. The Hall–Kier alpha value is -4.13. The summed E-state index contributed by atoms with van der Waals surface area (Å²) in [5, 5.41) is 3.87. The molecule has 0 saturated heterocycles. The van der Waals surface area contributed by atoms with Crippen LogP contribution in [0.1, 0.15) is 23.0 Å². The second-order valence-corrected chi connectivity index (χ2v) is 6.43. The van der Waals surface area contributed by atoms with Crippen LogP contribution in [-0.4, -0.2) is 17.1 Å². The maximum Gasteiger partial charge on any atom is 0.338 e. The van der Waals surface area contributed by atoms with E-state index in [2.05, 4.69) is 5.16 Å². The number of esters is 2. The standard InChI is InChI=1S/C23H17NO6/c1-15(25)29-20-10-8-17(9-11-20)16-4-6-18(7-5-16)23(26)28-14-19-13-22(30-24-19)21-3-2-12-27-21/h2-13H,14H2,1H3. The lowest BCUT2D eigenvalue weighted by atomic mass is 10.0. The lowest BCUT2D eigenvalue weighted by Crippen LogP contribution is -2.05. The van der Waals surface area contributed by atoms with Gasteiger partial charge in [-0.1, -0.05) is 29.4 Å². The maximum absolute atomic E-state index is 12.3. The van der Waals surface area contributed by atoms with Gasteiger partial charge >= 0.3 is 11.9 Å². The summed E-state index contributed by atoms with van der Waals surface area (Å²) in [6, 6.07) is 19.3. The zero-order valence-corrected chi connectivity index (χ0v) is 16.0. The number of aromatic nitrogens is 1. The number of benzene rings is 2. The summed E-state index contributed by atoms with van der Waals surface area (Å²) in [5.74, 6) is 0.670. The summed E-state index contributed by atoms with van der Waals surface area (Å²) in [7, 11) is 0. The first-order valence-corrected chi connectivity index (χ1v) is 9.14. The Labute approximate surface area is 171 Å². The molecule has 0 bridgehead atoms. The summed E-state index contributed by atoms with van der Waals surface area (Å²) < 4.78 is 20.7. The SMILES string of the molecule is CC(=O)Oc1ccc(-c2ccc(C(=O)OCc3cc(-c4ccco4)on3)cc2)cc1. The van der Waals surface area contributed by atoms with Gasteiger partial charge in [0.2, 0.25) is 5.76 Å². The van der Waals surface area contributed by atoms with Crippen molar-refractivity contribution in [3.05, 3.63) is 84.3 Å². The molecule has 2 aromatic carbocycles. The zero-order chi connectivity index (χ0) is 20.9. The fraction of sp³-hybridized carbons (Fsp3) is 0.0870. The van der Waals surface area contributed by atoms with Gasteiger partial charge in [0.05, 0.1) is 11.8 Å². The summed E-state index contributed by atoms with van der Waals surface area (Å²) in [4.78, 5) is 23.3. The first kappa shape index (κ1) is 19.2. The van der Waals surface area contributed by atoms with Crippen molar-refractivity contribution < 1.29 is 28.0 Å². The van der Waals surface area contributed by atoms with E-state index in [1.807, 2.05) is 24.3 Å². The monoisotopic (exact) mass is 403 g/mol. The van der Waals surface area contributed by atoms with Crippen LogP contribution in [0.2, 0.25) is 0 Å². The smallest absolute Gasteiger partial charge is 0.338 e. The molecule has 0 fully saturated rings. The molecule has 0 saturated carbocycles. The van der Waals surface area contributed by atoms with Crippen LogP contribution >= 0.6 is 0 Å². The number of furan rings is 1. The van der Waals surface area contributed by atoms with Gasteiger partial charge in [-0.25, -0.2) is 4.79 Å². The van der Waals surface area contributed by atoms with Crippen LogP contribution in [0.15, 0.2) is 81.9 Å². The maximum atomic E-state index is 12.3. The van der Waals surface area contributed by atoms with Crippen molar-refractivity contribution >= 4 is 11.9 Å². The number of hydrogen-bond acceptors (Lipinski definition) is 7. The Morgan fingerprint density at radius 3 is 2.27 bits per heavy atom. The summed E-state index contributed by atoms with van der Waals surface area (Å²) >= 11 is 0. The normalized spacial score (nSPS) is 10.6. The van der Waals surface area contributed by atoms with Crippen LogP contribution in [0.3, 0.4) is 0 Å². The van der Waals surface area contributed by atoms with E-state index in [0.29, 0.717) is 28.5 Å². The Balaban J connectivity index is 1.36. The summed E-state index contributed by atoms with van der Waals surface area (Å²) in [6.07, 6.45) is 1.54. The molecular formula is C23H17NO6. The average Bonchev–Trinajstić information content (AvgIpc) is 3.44. The lowest BCUT2D eigenvalue weighted by molar-refractivity contribution is -0.131. The number of carbonyl (C=O) groups is 2. The van der Waals surface area contributed by atoms with E-state index in [4.69, 9.17) is 18.4 Å². The van der Waals surface area contributed by atoms with Crippen molar-refractivity contribution in [3.63, 3.8) is 0 Å². The minimum absolute atomic E-state index is 0.0115. The van der Waals surface area contributed by atoms with Crippen LogP contribution in [0.25, 0.3) is 22.6 Å². The highest BCUT2D eigenvalue weighted by atomic mass is 16.5. The van der Waals surface area contributed by atoms with Crippen LogP contribution in [-0.2, 0) is 16.1 Å². The molecule has 0 aliphatic heterocycles. The minimum atomic E-state index is -0.464. The second kappa shape index (κ2) is 8.48. The lowest BCUT2D eigenvalue weighted by Gasteiger charge is -2.06. The zero-order valence-electron chi connectivity index (χ0n) is 16.0. The molecule has 7 nitrogen and oxygen atoms in total. The van der Waals surface area contributed by atoms with Gasteiger partial charge in [-0.15, -0.1) is 0 Å². The van der Waals surface area contributed by atoms with Crippen molar-refractivity contribution in [3.8, 4) is 28.4 Å². The molecular weight excluding hydrogens is 386 g/mol. The highest BCUT2D eigenvalue weighted by molar-refractivity contribution is 5.90. The van der Waals surface area contributed by atoms with E-state index in [1.165, 1.54) is 13.2 Å². The summed E-state index contributed by atoms with van der Waals surface area (Å²) in [6.45, 7) is 1.34. The molecule has 4 rings (SSSR count). The predicted molar refractivity (Wildman–Crippen MR) is 107 cm³/mol. The molecule has 0 spiro atoms. The first-order valence-electron chi connectivity index (χ1n) is 9.14. The van der Waals surface area contributed by atoms with Crippen molar-refractivity contribution in [1.29, 1.82) is 0 Å². The van der Waals surface area contributed by atoms with Crippen molar-refractivity contribution in [1.82, 2.24) is 5.16 Å². The van der Waals surface area contributed by atoms with E-state index in [0.717, 1.165) is 11.1 Å². The topological polar surface area (TPSA) is 91.8 Å². The highest BCUT2D eigenvalue weighted by Gasteiger charge is 2.12. The van der Waals surface area contributed by atoms with Crippen LogP contribution in [0.5, 0.6) is 5.75 Å². The molecule has 2 heterocycles. The average molecular weight is 403 g/mol. The Morgan fingerprint density at radius 1 is 0.933 bits per heavy atom. The molecule has 2 aromatic heterocycles.